The summed E-state index contributed by atoms with van der Waals surface area (Å²) in [5, 5.41) is 0. The number of pyridine rings is 1. The summed E-state index contributed by atoms with van der Waals surface area (Å²) >= 11 is 0. The van der Waals surface area contributed by atoms with Gasteiger partial charge < -0.3 is 4.74 Å². The van der Waals surface area contributed by atoms with Gasteiger partial charge in [0.15, 0.2) is 6.33 Å². The summed E-state index contributed by atoms with van der Waals surface area (Å²) in [6.07, 6.45) is 5.92. The van der Waals surface area contributed by atoms with Crippen LogP contribution in [-0.4, -0.2) is 22.1 Å². The normalized spacial score (nSPS) is 10.0. The van der Waals surface area contributed by atoms with E-state index in [1.165, 1.54) is 0 Å². The lowest BCUT2D eigenvalue weighted by Gasteiger charge is -2.03. The van der Waals surface area contributed by atoms with Gasteiger partial charge in [0.2, 0.25) is 0 Å². The van der Waals surface area contributed by atoms with Gasteiger partial charge in [-0.2, -0.15) is 0 Å². The summed E-state index contributed by atoms with van der Waals surface area (Å²) in [7, 11) is 1.61. The van der Waals surface area contributed by atoms with E-state index in [0.29, 0.717) is 0 Å². The molecule has 0 amide bonds. The highest BCUT2D eigenvalue weighted by molar-refractivity contribution is 5.60. The average Bonchev–Trinajstić information content (AvgIpc) is 2.30. The molecule has 1 radical (unpaired) electrons. The van der Waals surface area contributed by atoms with Gasteiger partial charge in [0.05, 0.1) is 24.7 Å². The topological polar surface area (TPSA) is 47.9 Å². The smallest absolute Gasteiger partial charge is 0.197 e. The minimum atomic E-state index is 0.736. The Bertz CT molecular complexity index is 454. The van der Waals surface area contributed by atoms with Crippen LogP contribution in [0.5, 0.6) is 5.75 Å². The Balaban J connectivity index is 2.42. The third-order valence-corrected chi connectivity index (χ3v) is 2.11. The minimum absolute atomic E-state index is 0.736. The van der Waals surface area contributed by atoms with E-state index in [2.05, 4.69) is 21.3 Å². The number of rotatable bonds is 2. The summed E-state index contributed by atoms with van der Waals surface area (Å²) in [6.45, 7) is 1.90. The van der Waals surface area contributed by atoms with E-state index >= 15 is 0 Å². The van der Waals surface area contributed by atoms with Crippen LogP contribution in [0.15, 0.2) is 24.5 Å². The summed E-state index contributed by atoms with van der Waals surface area (Å²) in [5.41, 5.74) is 2.61. The number of ether oxygens (including phenoxy) is 1. The van der Waals surface area contributed by atoms with Gasteiger partial charge in [-0.05, 0) is 19.1 Å². The van der Waals surface area contributed by atoms with E-state index in [-0.39, 0.29) is 0 Å². The Morgan fingerprint density at radius 3 is 2.73 bits per heavy atom. The lowest BCUT2D eigenvalue weighted by molar-refractivity contribution is 0.413. The lowest BCUT2D eigenvalue weighted by Crippen LogP contribution is -1.92. The molecule has 0 fully saturated rings. The maximum atomic E-state index is 5.04. The van der Waals surface area contributed by atoms with Gasteiger partial charge in [0.25, 0.3) is 0 Å². The Morgan fingerprint density at radius 1 is 1.27 bits per heavy atom. The van der Waals surface area contributed by atoms with E-state index in [4.69, 9.17) is 4.74 Å². The molecule has 0 aliphatic carbocycles. The van der Waals surface area contributed by atoms with Crippen molar-refractivity contribution in [3.63, 3.8) is 0 Å². The molecule has 0 spiro atoms. The van der Waals surface area contributed by atoms with Crippen LogP contribution in [0, 0.1) is 13.3 Å². The molecular formula is C11H10N3O. The van der Waals surface area contributed by atoms with E-state index in [1.807, 2.05) is 19.1 Å². The van der Waals surface area contributed by atoms with E-state index < -0.39 is 0 Å². The number of hydrogen-bond acceptors (Lipinski definition) is 4. The summed E-state index contributed by atoms with van der Waals surface area (Å²) in [6, 6.07) is 3.74. The summed E-state index contributed by atoms with van der Waals surface area (Å²) in [5.74, 6) is 0.736. The van der Waals surface area contributed by atoms with E-state index in [1.54, 1.807) is 19.5 Å². The van der Waals surface area contributed by atoms with Gasteiger partial charge in [-0.15, -0.1) is 0 Å². The molecule has 0 atom stereocenters. The van der Waals surface area contributed by atoms with Crippen LogP contribution in [0.3, 0.4) is 0 Å². The van der Waals surface area contributed by atoms with Crippen molar-refractivity contribution < 1.29 is 4.74 Å². The predicted octanol–water partition coefficient (Wildman–Crippen LogP) is 1.66. The van der Waals surface area contributed by atoms with Crippen molar-refractivity contribution in [3.05, 3.63) is 36.5 Å². The molecule has 0 aromatic carbocycles. The van der Waals surface area contributed by atoms with Crippen molar-refractivity contribution in [2.75, 3.05) is 7.11 Å². The van der Waals surface area contributed by atoms with Crippen molar-refractivity contribution >= 4 is 0 Å². The van der Waals surface area contributed by atoms with Crippen molar-refractivity contribution in [3.8, 4) is 17.0 Å². The number of aromatic nitrogens is 3. The second-order valence-corrected chi connectivity index (χ2v) is 3.05. The van der Waals surface area contributed by atoms with Gasteiger partial charge in [0.1, 0.15) is 5.75 Å². The fourth-order valence-corrected chi connectivity index (χ4v) is 1.26. The first-order valence-corrected chi connectivity index (χ1v) is 4.51. The molecular weight excluding hydrogens is 190 g/mol. The Morgan fingerprint density at radius 2 is 2.13 bits per heavy atom. The quantitative estimate of drug-likeness (QED) is 0.739. The molecule has 0 saturated heterocycles. The molecule has 4 heteroatoms. The maximum Gasteiger partial charge on any atom is 0.197 e. The molecule has 0 saturated carbocycles. The molecule has 15 heavy (non-hydrogen) atoms. The molecule has 0 unspecified atom stereocenters. The van der Waals surface area contributed by atoms with Crippen LogP contribution in [0.25, 0.3) is 11.3 Å². The summed E-state index contributed by atoms with van der Waals surface area (Å²) < 4.78 is 5.04. The molecule has 0 aliphatic heterocycles. The van der Waals surface area contributed by atoms with E-state index in [0.717, 1.165) is 22.7 Å². The van der Waals surface area contributed by atoms with Crippen molar-refractivity contribution in [1.82, 2.24) is 15.0 Å². The minimum Gasteiger partial charge on any atom is -0.495 e. The zero-order chi connectivity index (χ0) is 10.7. The molecule has 0 aliphatic rings. The van der Waals surface area contributed by atoms with Crippen molar-refractivity contribution in [2.45, 2.75) is 6.92 Å². The molecule has 2 rings (SSSR count). The number of nitrogens with zero attached hydrogens (tertiary/aromatic N) is 3. The molecule has 0 bridgehead atoms. The van der Waals surface area contributed by atoms with Crippen LogP contribution in [0.1, 0.15) is 5.69 Å². The van der Waals surface area contributed by atoms with Gasteiger partial charge in [0, 0.05) is 11.8 Å². The SMILES string of the molecule is COc1ccc(-c2cn[c]nc2C)nc1. The second kappa shape index (κ2) is 4.04. The molecule has 2 aromatic rings. The zero-order valence-corrected chi connectivity index (χ0v) is 8.56. The molecule has 4 nitrogen and oxygen atoms in total. The highest BCUT2D eigenvalue weighted by Crippen LogP contribution is 2.20. The molecule has 75 valence electrons. The van der Waals surface area contributed by atoms with E-state index in [9.17, 15) is 0 Å². The lowest BCUT2D eigenvalue weighted by atomic mass is 10.1. The number of aryl methyl sites for hydroxylation is 1. The van der Waals surface area contributed by atoms with Crippen molar-refractivity contribution in [1.29, 1.82) is 0 Å². The molecule has 2 heterocycles. The van der Waals surface area contributed by atoms with Crippen LogP contribution < -0.4 is 4.74 Å². The van der Waals surface area contributed by atoms with Gasteiger partial charge in [-0.1, -0.05) is 0 Å². The first-order chi connectivity index (χ1) is 7.31. The summed E-state index contributed by atoms with van der Waals surface area (Å²) in [4.78, 5) is 12.1. The van der Waals surface area contributed by atoms with Gasteiger partial charge in [-0.25, -0.2) is 9.97 Å². The average molecular weight is 200 g/mol. The monoisotopic (exact) mass is 200 g/mol. The number of methoxy groups -OCH3 is 1. The van der Waals surface area contributed by atoms with Crippen molar-refractivity contribution in [2.24, 2.45) is 0 Å². The first kappa shape index (κ1) is 9.58. The van der Waals surface area contributed by atoms with Crippen LogP contribution in [-0.2, 0) is 0 Å². The van der Waals surface area contributed by atoms with Crippen LogP contribution >= 0.6 is 0 Å². The standard InChI is InChI=1S/C11H10N3O/c1-8-10(6-12-7-14-8)11-4-3-9(15-2)5-13-11/h3-6H,1-2H3. The molecule has 0 N–H and O–H groups in total. The fourth-order valence-electron chi connectivity index (χ4n) is 1.26. The maximum absolute atomic E-state index is 5.04. The Labute approximate surface area is 88.0 Å². The second-order valence-electron chi connectivity index (χ2n) is 3.05. The Hall–Kier alpha value is -1.97. The van der Waals surface area contributed by atoms with Gasteiger partial charge >= 0.3 is 0 Å². The highest BCUT2D eigenvalue weighted by Gasteiger charge is 2.04. The third kappa shape index (κ3) is 1.93. The molecule has 2 aromatic heterocycles. The largest absolute Gasteiger partial charge is 0.495 e. The third-order valence-electron chi connectivity index (χ3n) is 2.11. The Kier molecular flexibility index (Phi) is 2.58. The highest BCUT2D eigenvalue weighted by atomic mass is 16.5. The van der Waals surface area contributed by atoms with Crippen LogP contribution in [0.2, 0.25) is 0 Å². The van der Waals surface area contributed by atoms with Gasteiger partial charge in [-0.3, -0.25) is 4.98 Å². The first-order valence-electron chi connectivity index (χ1n) is 4.51. The van der Waals surface area contributed by atoms with Crippen LogP contribution in [0.4, 0.5) is 0 Å². The predicted molar refractivity (Wildman–Crippen MR) is 55.4 cm³/mol. The number of hydrogen-bond donors (Lipinski definition) is 0. The fraction of sp³-hybridized carbons (Fsp3) is 0.182. The zero-order valence-electron chi connectivity index (χ0n) is 8.56.